The maximum atomic E-state index is 13.9. The summed E-state index contributed by atoms with van der Waals surface area (Å²) >= 11 is 0. The fraction of sp³-hybridized carbons (Fsp3) is 0.562. The predicted octanol–water partition coefficient (Wildman–Crippen LogP) is 3.47. The molecule has 0 aromatic heterocycles. The van der Waals surface area contributed by atoms with E-state index in [1.54, 1.807) is 13.0 Å². The third-order valence-corrected chi connectivity index (χ3v) is 4.40. The fourth-order valence-electron chi connectivity index (χ4n) is 3.05. The normalized spacial score (nSPS) is 26.3. The van der Waals surface area contributed by atoms with Crippen LogP contribution in [0, 0.1) is 24.6 Å². The number of amides is 1. The number of carbonyl (C=O) groups is 1. The Balaban J connectivity index is 2.22. The summed E-state index contributed by atoms with van der Waals surface area (Å²) < 4.78 is 13.9. The first-order chi connectivity index (χ1) is 9.38. The quantitative estimate of drug-likeness (QED) is 0.889. The lowest BCUT2D eigenvalue weighted by Crippen LogP contribution is -2.33. The van der Waals surface area contributed by atoms with Crippen LogP contribution in [0.4, 0.5) is 10.1 Å². The van der Waals surface area contributed by atoms with E-state index in [1.165, 1.54) is 18.9 Å². The Morgan fingerprint density at radius 1 is 1.35 bits per heavy atom. The summed E-state index contributed by atoms with van der Waals surface area (Å²) in [6.07, 6.45) is 3.43. The van der Waals surface area contributed by atoms with Crippen molar-refractivity contribution in [1.29, 1.82) is 0 Å². The van der Waals surface area contributed by atoms with Crippen LogP contribution in [0.1, 0.15) is 49.0 Å². The summed E-state index contributed by atoms with van der Waals surface area (Å²) in [6.45, 7) is 6.21. The Hall–Kier alpha value is -1.58. The van der Waals surface area contributed by atoms with Crippen LogP contribution in [0.2, 0.25) is 0 Å². The van der Waals surface area contributed by atoms with Gasteiger partial charge in [0.05, 0.1) is 0 Å². The summed E-state index contributed by atoms with van der Waals surface area (Å²) in [6, 6.07) is 3.19. The second kappa shape index (κ2) is 5.81. The fourth-order valence-corrected chi connectivity index (χ4v) is 3.05. The monoisotopic (exact) mass is 278 g/mol. The minimum atomic E-state index is -0.600. The highest BCUT2D eigenvalue weighted by atomic mass is 19.1. The molecule has 1 saturated carbocycles. The van der Waals surface area contributed by atoms with Gasteiger partial charge in [0.1, 0.15) is 5.82 Å². The highest BCUT2D eigenvalue weighted by Gasteiger charge is 2.26. The van der Waals surface area contributed by atoms with Crippen LogP contribution in [0.3, 0.4) is 0 Å². The van der Waals surface area contributed by atoms with Gasteiger partial charge in [-0.1, -0.05) is 13.8 Å². The van der Waals surface area contributed by atoms with Crippen LogP contribution < -0.4 is 11.1 Å². The Morgan fingerprint density at radius 3 is 2.65 bits per heavy atom. The first kappa shape index (κ1) is 14.8. The molecule has 1 fully saturated rings. The van der Waals surface area contributed by atoms with Gasteiger partial charge in [-0.15, -0.1) is 0 Å². The van der Waals surface area contributed by atoms with Gasteiger partial charge in [-0.2, -0.15) is 0 Å². The molecular formula is C16H23FN2O. The van der Waals surface area contributed by atoms with Crippen LogP contribution in [-0.4, -0.2) is 11.9 Å². The summed E-state index contributed by atoms with van der Waals surface area (Å²) in [4.78, 5) is 11.2. The number of carbonyl (C=O) groups excluding carboxylic acids is 1. The molecule has 1 aliphatic carbocycles. The summed E-state index contributed by atoms with van der Waals surface area (Å²) in [5.41, 5.74) is 6.69. The van der Waals surface area contributed by atoms with Gasteiger partial charge in [0.15, 0.2) is 0 Å². The van der Waals surface area contributed by atoms with E-state index >= 15 is 0 Å². The first-order valence-corrected chi connectivity index (χ1v) is 7.25. The lowest BCUT2D eigenvalue weighted by molar-refractivity contribution is 0.1000. The molecule has 0 bridgehead atoms. The van der Waals surface area contributed by atoms with Gasteiger partial charge in [-0.25, -0.2) is 4.39 Å². The van der Waals surface area contributed by atoms with Crippen molar-refractivity contribution in [1.82, 2.24) is 0 Å². The molecule has 3 atom stereocenters. The maximum absolute atomic E-state index is 13.9. The Labute approximate surface area is 119 Å². The molecule has 3 unspecified atom stereocenters. The molecule has 0 spiro atoms. The molecule has 3 nitrogen and oxygen atoms in total. The Bertz CT molecular complexity index is 515. The van der Waals surface area contributed by atoms with Crippen LogP contribution in [-0.2, 0) is 0 Å². The molecule has 0 heterocycles. The maximum Gasteiger partial charge on any atom is 0.248 e. The van der Waals surface area contributed by atoms with Crippen molar-refractivity contribution in [2.75, 3.05) is 5.32 Å². The third kappa shape index (κ3) is 3.11. The lowest BCUT2D eigenvalue weighted by atomic mass is 9.79. The molecule has 1 aromatic carbocycles. The van der Waals surface area contributed by atoms with Gasteiger partial charge < -0.3 is 11.1 Å². The Kier molecular flexibility index (Phi) is 4.31. The zero-order valence-electron chi connectivity index (χ0n) is 12.4. The van der Waals surface area contributed by atoms with Crippen LogP contribution >= 0.6 is 0 Å². The number of benzene rings is 1. The molecule has 4 heteroatoms. The van der Waals surface area contributed by atoms with Crippen LogP contribution in [0.15, 0.2) is 12.1 Å². The molecule has 20 heavy (non-hydrogen) atoms. The largest absolute Gasteiger partial charge is 0.382 e. The van der Waals surface area contributed by atoms with Gasteiger partial charge in [0.25, 0.3) is 0 Å². The Morgan fingerprint density at radius 2 is 2.05 bits per heavy atom. The van der Waals surface area contributed by atoms with Crippen molar-refractivity contribution in [3.63, 3.8) is 0 Å². The van der Waals surface area contributed by atoms with Crippen molar-refractivity contribution >= 4 is 11.6 Å². The average Bonchev–Trinajstić information content (AvgIpc) is 2.37. The van der Waals surface area contributed by atoms with Crippen molar-refractivity contribution in [3.8, 4) is 0 Å². The van der Waals surface area contributed by atoms with Crippen LogP contribution in [0.25, 0.3) is 0 Å². The summed E-state index contributed by atoms with van der Waals surface area (Å²) in [7, 11) is 0. The second-order valence-electron chi connectivity index (χ2n) is 6.14. The number of nitrogens with one attached hydrogen (secondary N) is 1. The zero-order chi connectivity index (χ0) is 14.9. The van der Waals surface area contributed by atoms with E-state index in [0.717, 1.165) is 12.3 Å². The molecule has 0 radical (unpaired) electrons. The first-order valence-electron chi connectivity index (χ1n) is 7.25. The van der Waals surface area contributed by atoms with Crippen molar-refractivity contribution in [2.24, 2.45) is 17.6 Å². The van der Waals surface area contributed by atoms with Crippen molar-refractivity contribution in [2.45, 2.75) is 46.1 Å². The minimum absolute atomic E-state index is 0.215. The molecule has 1 amide bonds. The highest BCUT2D eigenvalue weighted by molar-refractivity contribution is 5.94. The van der Waals surface area contributed by atoms with Gasteiger partial charge in [0.2, 0.25) is 5.91 Å². The third-order valence-electron chi connectivity index (χ3n) is 4.40. The number of nitrogens with two attached hydrogens (primary N) is 1. The summed E-state index contributed by atoms with van der Waals surface area (Å²) in [5.74, 6) is 0.300. The molecule has 110 valence electrons. The standard InChI is InChI=1S/C16H23FN2O/c1-9-4-5-14(10(2)6-9)19-15-8-12(16(18)20)7-13(17)11(15)3/h7-10,14,19H,4-6H2,1-3H3,(H2,18,20). The summed E-state index contributed by atoms with van der Waals surface area (Å²) in [5, 5.41) is 3.41. The molecule has 2 rings (SSSR count). The van der Waals surface area contributed by atoms with Crippen molar-refractivity contribution in [3.05, 3.63) is 29.1 Å². The molecule has 0 aliphatic heterocycles. The number of hydrogen-bond acceptors (Lipinski definition) is 2. The highest BCUT2D eigenvalue weighted by Crippen LogP contribution is 2.32. The van der Waals surface area contributed by atoms with Gasteiger partial charge in [-0.05, 0) is 50.2 Å². The van der Waals surface area contributed by atoms with E-state index in [1.807, 2.05) is 0 Å². The minimum Gasteiger partial charge on any atom is -0.382 e. The molecule has 1 aliphatic rings. The second-order valence-corrected chi connectivity index (χ2v) is 6.14. The SMILES string of the molecule is Cc1c(F)cc(C(N)=O)cc1NC1CCC(C)CC1C. The van der Waals surface area contributed by atoms with Gasteiger partial charge in [-0.3, -0.25) is 4.79 Å². The number of halogens is 1. The van der Waals surface area contributed by atoms with Crippen LogP contribution in [0.5, 0.6) is 0 Å². The van der Waals surface area contributed by atoms with E-state index in [4.69, 9.17) is 5.73 Å². The van der Waals surface area contributed by atoms with E-state index in [2.05, 4.69) is 19.2 Å². The predicted molar refractivity (Wildman–Crippen MR) is 79.2 cm³/mol. The van der Waals surface area contributed by atoms with E-state index in [9.17, 15) is 9.18 Å². The van der Waals surface area contributed by atoms with E-state index < -0.39 is 5.91 Å². The van der Waals surface area contributed by atoms with E-state index in [0.29, 0.717) is 23.2 Å². The zero-order valence-corrected chi connectivity index (χ0v) is 12.4. The molecular weight excluding hydrogens is 255 g/mol. The molecule has 3 N–H and O–H groups in total. The smallest absolute Gasteiger partial charge is 0.248 e. The average molecular weight is 278 g/mol. The lowest BCUT2D eigenvalue weighted by Gasteiger charge is -2.34. The number of hydrogen-bond donors (Lipinski definition) is 2. The molecule has 0 saturated heterocycles. The van der Waals surface area contributed by atoms with Gasteiger partial charge >= 0.3 is 0 Å². The van der Waals surface area contributed by atoms with E-state index in [-0.39, 0.29) is 11.4 Å². The topological polar surface area (TPSA) is 55.1 Å². The number of anilines is 1. The van der Waals surface area contributed by atoms with Crippen molar-refractivity contribution < 1.29 is 9.18 Å². The number of rotatable bonds is 3. The number of primary amides is 1. The van der Waals surface area contributed by atoms with Gasteiger partial charge in [0, 0.05) is 22.9 Å². The molecule has 1 aromatic rings.